The van der Waals surface area contributed by atoms with Crippen molar-refractivity contribution in [3.63, 3.8) is 0 Å². The van der Waals surface area contributed by atoms with Crippen LogP contribution in [0.1, 0.15) is 99.3 Å². The van der Waals surface area contributed by atoms with Crippen molar-refractivity contribution >= 4 is 17.7 Å². The van der Waals surface area contributed by atoms with Crippen LogP contribution in [0.4, 0.5) is 0 Å². The Labute approximate surface area is 260 Å². The normalized spacial score (nSPS) is 51.5. The van der Waals surface area contributed by atoms with Gasteiger partial charge in [0.1, 0.15) is 30.2 Å². The lowest BCUT2D eigenvalue weighted by molar-refractivity contribution is -0.297. The van der Waals surface area contributed by atoms with Crippen LogP contribution < -0.4 is 0 Å². The average Bonchev–Trinajstić information content (AvgIpc) is 2.96. The van der Waals surface area contributed by atoms with E-state index in [1.807, 2.05) is 6.92 Å². The van der Waals surface area contributed by atoms with Gasteiger partial charge >= 0.3 is 11.9 Å². The van der Waals surface area contributed by atoms with E-state index in [0.29, 0.717) is 19.3 Å². The highest BCUT2D eigenvalue weighted by Crippen LogP contribution is 2.76. The van der Waals surface area contributed by atoms with Gasteiger partial charge in [-0.1, -0.05) is 27.7 Å². The monoisotopic (exact) mass is 620 g/mol. The number of hydrogen-bond donors (Lipinski definition) is 5. The average molecular weight is 621 g/mol. The van der Waals surface area contributed by atoms with E-state index in [9.17, 15) is 39.9 Å². The minimum Gasteiger partial charge on any atom is -0.478 e. The third-order valence-electron chi connectivity index (χ3n) is 13.8. The van der Waals surface area contributed by atoms with Gasteiger partial charge in [0.05, 0.1) is 12.0 Å². The molecule has 10 heteroatoms. The van der Waals surface area contributed by atoms with Gasteiger partial charge in [-0.2, -0.15) is 0 Å². The first kappa shape index (κ1) is 33.5. The van der Waals surface area contributed by atoms with Gasteiger partial charge in [-0.15, -0.1) is 0 Å². The third kappa shape index (κ3) is 4.89. The molecule has 0 bridgehead atoms. The maximum atomic E-state index is 13.8. The maximum absolute atomic E-state index is 13.8. The van der Waals surface area contributed by atoms with Crippen LogP contribution in [0, 0.1) is 44.8 Å². The van der Waals surface area contributed by atoms with Crippen LogP contribution in [0.15, 0.2) is 11.6 Å². The maximum Gasteiger partial charge on any atom is 0.328 e. The lowest BCUT2D eigenvalue weighted by atomic mass is 9.32. The van der Waals surface area contributed by atoms with Crippen LogP contribution in [0.25, 0.3) is 0 Å². The number of esters is 1. The van der Waals surface area contributed by atoms with Gasteiger partial charge in [-0.25, -0.2) is 4.79 Å². The fourth-order valence-electron chi connectivity index (χ4n) is 10.8. The number of aliphatic hydroxyl groups is 4. The zero-order chi connectivity index (χ0) is 32.6. The lowest BCUT2D eigenvalue weighted by Crippen LogP contribution is -2.65. The summed E-state index contributed by atoms with van der Waals surface area (Å²) in [7, 11) is 0. The molecule has 1 heterocycles. The Hall–Kier alpha value is -1.85. The Morgan fingerprint density at radius 1 is 0.864 bits per heavy atom. The second-order valence-electron chi connectivity index (χ2n) is 16.1. The minimum absolute atomic E-state index is 0.00124. The first-order valence-electron chi connectivity index (χ1n) is 16.3. The first-order valence-corrected chi connectivity index (χ1v) is 16.3. The molecular weight excluding hydrogens is 568 g/mol. The van der Waals surface area contributed by atoms with E-state index in [2.05, 4.69) is 27.7 Å². The minimum atomic E-state index is -1.65. The van der Waals surface area contributed by atoms with E-state index in [1.54, 1.807) is 6.92 Å². The predicted molar refractivity (Wildman–Crippen MR) is 159 cm³/mol. The Balaban J connectivity index is 1.44. The number of ketones is 1. The number of rotatable bonds is 5. The fraction of sp³-hybridized carbons (Fsp3) is 0.853. The molecule has 13 atom stereocenters. The summed E-state index contributed by atoms with van der Waals surface area (Å²) in [4.78, 5) is 38.5. The summed E-state index contributed by atoms with van der Waals surface area (Å²) in [5.41, 5.74) is -0.834. The number of hydrogen-bond acceptors (Lipinski definition) is 9. The topological polar surface area (TPSA) is 171 Å². The van der Waals surface area contributed by atoms with Crippen molar-refractivity contribution in [2.75, 3.05) is 6.61 Å². The molecule has 44 heavy (non-hydrogen) atoms. The highest BCUT2D eigenvalue weighted by atomic mass is 16.7. The van der Waals surface area contributed by atoms with Gasteiger partial charge in [0.2, 0.25) is 6.29 Å². The van der Waals surface area contributed by atoms with Gasteiger partial charge in [-0.3, -0.25) is 9.59 Å². The number of carboxylic acid groups (broad SMARTS) is 1. The Kier molecular flexibility index (Phi) is 8.49. The molecule has 0 radical (unpaired) electrons. The molecular formula is C34H52O10. The van der Waals surface area contributed by atoms with Gasteiger partial charge in [0.15, 0.2) is 0 Å². The molecule has 1 saturated heterocycles. The van der Waals surface area contributed by atoms with Crippen LogP contribution in [0.5, 0.6) is 0 Å². The number of aliphatic hydroxyl groups excluding tert-OH is 4. The molecule has 0 aromatic heterocycles. The number of carboxylic acids is 1. The summed E-state index contributed by atoms with van der Waals surface area (Å²) in [5, 5.41) is 50.3. The Bertz CT molecular complexity index is 1210. The molecule has 0 aromatic rings. The number of carbonyl (C=O) groups is 3. The summed E-state index contributed by atoms with van der Waals surface area (Å²) in [6.07, 6.45) is 0.887. The van der Waals surface area contributed by atoms with Gasteiger partial charge in [0.25, 0.3) is 0 Å². The quantitative estimate of drug-likeness (QED) is 0.227. The lowest BCUT2D eigenvalue weighted by Gasteiger charge is -2.72. The SMILES string of the molecule is CC(=O)C1CCC2[C@@](C)(CC[C@@]3(C)[C@@H]4C[C@](C)(C(=O)O[C@H]5O[C@@H](CO)[C@H](O)[C@@H](O)[C@@H]5O)CC[C@]4(C)CC[C@]23C)/C1=C/C(=O)O. The molecule has 0 spiro atoms. The van der Waals surface area contributed by atoms with E-state index >= 15 is 0 Å². The van der Waals surface area contributed by atoms with Crippen LogP contribution in [0.2, 0.25) is 0 Å². The number of fused-ring (bicyclic) bond motifs is 5. The number of carbonyl (C=O) groups excluding carboxylic acids is 2. The summed E-state index contributed by atoms with van der Waals surface area (Å²) >= 11 is 0. The highest BCUT2D eigenvalue weighted by Gasteiger charge is 2.69. The van der Waals surface area contributed by atoms with Gasteiger partial charge in [0, 0.05) is 12.0 Å². The number of allylic oxidation sites excluding steroid dienone is 1. The van der Waals surface area contributed by atoms with Crippen molar-refractivity contribution in [1.29, 1.82) is 0 Å². The molecule has 5 fully saturated rings. The molecule has 1 aliphatic heterocycles. The molecule has 5 N–H and O–H groups in total. The smallest absolute Gasteiger partial charge is 0.328 e. The van der Waals surface area contributed by atoms with Crippen molar-refractivity contribution in [3.05, 3.63) is 11.6 Å². The molecule has 2 unspecified atom stereocenters. The Morgan fingerprint density at radius 3 is 2.09 bits per heavy atom. The number of aliphatic carboxylic acids is 1. The van der Waals surface area contributed by atoms with Crippen molar-refractivity contribution < 1.29 is 49.4 Å². The van der Waals surface area contributed by atoms with Crippen LogP contribution in [-0.2, 0) is 23.9 Å². The fourth-order valence-corrected chi connectivity index (χ4v) is 10.8. The van der Waals surface area contributed by atoms with Crippen molar-refractivity contribution in [1.82, 2.24) is 0 Å². The van der Waals surface area contributed by atoms with E-state index < -0.39 is 60.1 Å². The molecule has 4 aliphatic carbocycles. The number of Topliss-reactive ketones (excluding diaryl/α,β-unsaturated/α-hetero) is 1. The zero-order valence-corrected chi connectivity index (χ0v) is 27.0. The molecule has 10 nitrogen and oxygen atoms in total. The van der Waals surface area contributed by atoms with Crippen LogP contribution in [0.3, 0.4) is 0 Å². The van der Waals surface area contributed by atoms with Gasteiger partial charge in [-0.05, 0) is 111 Å². The van der Waals surface area contributed by atoms with Crippen molar-refractivity contribution in [2.45, 2.75) is 130 Å². The first-order chi connectivity index (χ1) is 20.4. The summed E-state index contributed by atoms with van der Waals surface area (Å²) in [6, 6.07) is 0. The second-order valence-corrected chi connectivity index (χ2v) is 16.1. The molecule has 0 aromatic carbocycles. The summed E-state index contributed by atoms with van der Waals surface area (Å²) < 4.78 is 11.2. The molecule has 0 amide bonds. The Morgan fingerprint density at radius 2 is 1.48 bits per heavy atom. The summed E-state index contributed by atoms with van der Waals surface area (Å²) in [6.45, 7) is 12.1. The second kappa shape index (κ2) is 11.1. The molecule has 248 valence electrons. The molecule has 5 aliphatic rings. The van der Waals surface area contributed by atoms with Crippen molar-refractivity contribution in [2.24, 2.45) is 44.8 Å². The van der Waals surface area contributed by atoms with Crippen LogP contribution >= 0.6 is 0 Å². The van der Waals surface area contributed by atoms with E-state index in [4.69, 9.17) is 9.47 Å². The van der Waals surface area contributed by atoms with Crippen LogP contribution in [-0.4, -0.2) is 80.6 Å². The summed E-state index contributed by atoms with van der Waals surface area (Å²) in [5.74, 6) is -1.54. The largest absolute Gasteiger partial charge is 0.478 e. The molecule has 4 saturated carbocycles. The standard InChI is InChI=1S/C34H52O10/c1-18(36)19-7-8-22-32(4,20(19)15-24(37)38)12-14-34(6)23-16-31(3,10-9-30(23,2)11-13-33(22,34)5)29(42)44-28-27(41)26(40)25(39)21(17-35)43-28/h15,19,21-23,25-28,35,39-41H,7-14,16-17H2,1-6H3,(H,37,38)/b20-15+/t19?,21-,22?,23+,25-,26+,27-,28+,30+,31+,32-,33+,34-/m0/s1. The van der Waals surface area contributed by atoms with E-state index in [1.165, 1.54) is 6.08 Å². The highest BCUT2D eigenvalue weighted by molar-refractivity contribution is 5.87. The number of ether oxygens (including phenoxy) is 2. The van der Waals surface area contributed by atoms with Crippen molar-refractivity contribution in [3.8, 4) is 0 Å². The zero-order valence-electron chi connectivity index (χ0n) is 27.0. The van der Waals surface area contributed by atoms with E-state index in [0.717, 1.165) is 44.1 Å². The van der Waals surface area contributed by atoms with E-state index in [-0.39, 0.29) is 39.8 Å². The predicted octanol–water partition coefficient (Wildman–Crippen LogP) is 3.37. The third-order valence-corrected chi connectivity index (χ3v) is 13.8. The van der Waals surface area contributed by atoms with Gasteiger partial charge < -0.3 is 35.0 Å². The molecule has 5 rings (SSSR count).